The summed E-state index contributed by atoms with van der Waals surface area (Å²) in [5, 5.41) is 0. The molecule has 0 saturated heterocycles. The molecule has 0 unspecified atom stereocenters. The van der Waals surface area contributed by atoms with Gasteiger partial charge in [0, 0.05) is 16.8 Å². The Morgan fingerprint density at radius 2 is 1.24 bits per heavy atom. The van der Waals surface area contributed by atoms with Gasteiger partial charge in [0.1, 0.15) is 0 Å². The monoisotopic (exact) mass is 501 g/mol. The lowest BCUT2D eigenvalue weighted by molar-refractivity contribution is 0.501. The second-order valence-corrected chi connectivity index (χ2v) is 11.3. The van der Waals surface area contributed by atoms with E-state index in [9.17, 15) is 0 Å². The summed E-state index contributed by atoms with van der Waals surface area (Å²) in [4.78, 5) is 2.55. The molecule has 0 amide bonds. The fourth-order valence-corrected chi connectivity index (χ4v) is 4.99. The van der Waals surface area contributed by atoms with Crippen molar-refractivity contribution in [3.05, 3.63) is 101 Å². The molecule has 0 N–H and O–H groups in total. The summed E-state index contributed by atoms with van der Waals surface area (Å²) < 4.78 is 0. The molecule has 0 fully saturated rings. The second-order valence-electron chi connectivity index (χ2n) is 10.4. The Morgan fingerprint density at radius 3 is 1.70 bits per heavy atom. The third-order valence-electron chi connectivity index (χ3n) is 6.02. The van der Waals surface area contributed by atoms with Crippen LogP contribution in [0.2, 0.25) is 0 Å². The molecular formula is C30H37BBrN. The van der Waals surface area contributed by atoms with E-state index in [0.29, 0.717) is 11.8 Å². The molecular weight excluding hydrogens is 465 g/mol. The third-order valence-corrected chi connectivity index (χ3v) is 6.95. The molecule has 0 aliphatic heterocycles. The second kappa shape index (κ2) is 10.8. The van der Waals surface area contributed by atoms with Crippen molar-refractivity contribution < 1.29 is 0 Å². The molecule has 3 heteroatoms. The number of allylic oxidation sites excluding steroid dienone is 1. The topological polar surface area (TPSA) is 3.24 Å². The van der Waals surface area contributed by atoms with E-state index in [4.69, 9.17) is 0 Å². The van der Waals surface area contributed by atoms with Crippen LogP contribution < -0.4 is 10.3 Å². The first-order valence-corrected chi connectivity index (χ1v) is 12.9. The van der Waals surface area contributed by atoms with Crippen LogP contribution in [0.3, 0.4) is 0 Å². The van der Waals surface area contributed by atoms with Crippen molar-refractivity contribution in [3.63, 3.8) is 0 Å². The summed E-state index contributed by atoms with van der Waals surface area (Å²) in [5.74, 6) is 0.823. The van der Waals surface area contributed by atoms with Crippen molar-refractivity contribution in [3.8, 4) is 0 Å². The predicted molar refractivity (Wildman–Crippen MR) is 152 cm³/mol. The molecule has 3 aromatic rings. The first-order chi connectivity index (χ1) is 15.6. The van der Waals surface area contributed by atoms with Gasteiger partial charge in [0.25, 0.3) is 0 Å². The molecule has 172 valence electrons. The molecule has 0 aliphatic carbocycles. The SMILES string of the molecule is CC(C)c1cccc(C(C)C)c1N(B(Br)c1ccccc1)/C(=C\c1ccccc1)C(C)(C)C. The van der Waals surface area contributed by atoms with E-state index >= 15 is 0 Å². The van der Waals surface area contributed by atoms with Crippen LogP contribution in [0.5, 0.6) is 0 Å². The minimum Gasteiger partial charge on any atom is -0.374 e. The minimum atomic E-state index is -0.0744. The average molecular weight is 502 g/mol. The number of hydrogen-bond acceptors (Lipinski definition) is 1. The highest BCUT2D eigenvalue weighted by molar-refractivity contribution is 9.25. The highest BCUT2D eigenvalue weighted by Gasteiger charge is 2.35. The first kappa shape index (κ1) is 25.4. The molecule has 0 heterocycles. The van der Waals surface area contributed by atoms with Crippen molar-refractivity contribution in [2.75, 3.05) is 4.81 Å². The number of halogens is 1. The molecule has 3 aromatic carbocycles. The van der Waals surface area contributed by atoms with E-state index in [1.54, 1.807) is 0 Å². The van der Waals surface area contributed by atoms with Gasteiger partial charge in [0.2, 0.25) is 0 Å². The van der Waals surface area contributed by atoms with Crippen molar-refractivity contribution in [1.29, 1.82) is 0 Å². The lowest BCUT2D eigenvalue weighted by Gasteiger charge is -2.41. The van der Waals surface area contributed by atoms with Gasteiger partial charge in [-0.05, 0) is 40.1 Å². The summed E-state index contributed by atoms with van der Waals surface area (Å²) in [5.41, 5.74) is 7.76. The zero-order valence-corrected chi connectivity index (χ0v) is 22.7. The van der Waals surface area contributed by atoms with Gasteiger partial charge in [0.15, 0.2) is 0 Å². The van der Waals surface area contributed by atoms with Crippen LogP contribution in [0.15, 0.2) is 84.6 Å². The number of hydrogen-bond donors (Lipinski definition) is 0. The minimum absolute atomic E-state index is 0.00490. The summed E-state index contributed by atoms with van der Waals surface area (Å²) in [6, 6.07) is 28.2. The molecule has 1 nitrogen and oxygen atoms in total. The zero-order valence-electron chi connectivity index (χ0n) is 21.1. The maximum Gasteiger partial charge on any atom is 0.371 e. The van der Waals surface area contributed by atoms with Crippen LogP contribution in [0.4, 0.5) is 5.69 Å². The van der Waals surface area contributed by atoms with Gasteiger partial charge in [-0.3, -0.25) is 0 Å². The summed E-state index contributed by atoms with van der Waals surface area (Å²) >= 11 is 4.15. The molecule has 3 rings (SSSR count). The first-order valence-electron chi connectivity index (χ1n) is 12.0. The van der Waals surface area contributed by atoms with E-state index in [2.05, 4.69) is 154 Å². The van der Waals surface area contributed by atoms with Gasteiger partial charge >= 0.3 is 5.67 Å². The molecule has 0 spiro atoms. The van der Waals surface area contributed by atoms with Gasteiger partial charge in [-0.25, -0.2) is 0 Å². The van der Waals surface area contributed by atoms with Crippen LogP contribution in [0.1, 0.15) is 77.0 Å². The van der Waals surface area contributed by atoms with E-state index in [1.165, 1.54) is 33.5 Å². The Bertz CT molecular complexity index is 1040. The molecule has 0 saturated carbocycles. The largest absolute Gasteiger partial charge is 0.374 e. The van der Waals surface area contributed by atoms with E-state index < -0.39 is 0 Å². The molecule has 0 aliphatic rings. The van der Waals surface area contributed by atoms with Crippen molar-refractivity contribution in [1.82, 2.24) is 0 Å². The Hall–Kier alpha value is -2.26. The lowest BCUT2D eigenvalue weighted by Crippen LogP contribution is -2.47. The van der Waals surface area contributed by atoms with E-state index in [1.807, 2.05) is 0 Å². The quantitative estimate of drug-likeness (QED) is 0.293. The van der Waals surface area contributed by atoms with Gasteiger partial charge < -0.3 is 4.81 Å². The predicted octanol–water partition coefficient (Wildman–Crippen LogP) is 8.62. The summed E-state index contributed by atoms with van der Waals surface area (Å²) in [7, 11) is 0. The molecule has 0 radical (unpaired) electrons. The average Bonchev–Trinajstić information content (AvgIpc) is 2.79. The number of anilines is 1. The fraction of sp³-hybridized carbons (Fsp3) is 0.333. The lowest BCUT2D eigenvalue weighted by atomic mass is 9.73. The Morgan fingerprint density at radius 1 is 0.758 bits per heavy atom. The number of rotatable bonds is 7. The van der Waals surface area contributed by atoms with Crippen molar-refractivity contribution in [2.24, 2.45) is 5.41 Å². The number of nitrogens with zero attached hydrogens (tertiary/aromatic N) is 1. The van der Waals surface area contributed by atoms with Crippen LogP contribution in [0, 0.1) is 5.41 Å². The van der Waals surface area contributed by atoms with Crippen molar-refractivity contribution >= 4 is 38.7 Å². The highest BCUT2D eigenvalue weighted by atomic mass is 79.9. The Kier molecular flexibility index (Phi) is 8.29. The van der Waals surface area contributed by atoms with Gasteiger partial charge in [-0.2, -0.15) is 0 Å². The van der Waals surface area contributed by atoms with Gasteiger partial charge in [0.05, 0.1) is 0 Å². The Balaban J connectivity index is 2.38. The smallest absolute Gasteiger partial charge is 0.371 e. The normalized spacial score (nSPS) is 12.4. The summed E-state index contributed by atoms with van der Waals surface area (Å²) in [6.07, 6.45) is 2.36. The highest BCUT2D eigenvalue weighted by Crippen LogP contribution is 2.42. The summed E-state index contributed by atoms with van der Waals surface area (Å²) in [6.45, 7) is 16.1. The van der Waals surface area contributed by atoms with Gasteiger partial charge in [-0.1, -0.05) is 127 Å². The van der Waals surface area contributed by atoms with Crippen molar-refractivity contribution in [2.45, 2.75) is 60.3 Å². The van der Waals surface area contributed by atoms with Gasteiger partial charge in [-0.15, -0.1) is 15.8 Å². The molecule has 0 atom stereocenters. The molecule has 33 heavy (non-hydrogen) atoms. The molecule has 0 bridgehead atoms. The van der Waals surface area contributed by atoms with Crippen LogP contribution in [-0.4, -0.2) is 5.67 Å². The maximum atomic E-state index is 4.15. The van der Waals surface area contributed by atoms with Crippen LogP contribution in [-0.2, 0) is 0 Å². The molecule has 0 aromatic heterocycles. The van der Waals surface area contributed by atoms with Crippen LogP contribution in [0.25, 0.3) is 6.08 Å². The zero-order chi connectivity index (χ0) is 24.2. The number of benzene rings is 3. The standard InChI is InChI=1S/C30H37BBrN/c1-22(2)26-19-14-20-27(23(3)4)29(26)33(31(32)25-17-12-9-13-18-25)28(30(5,6)7)21-24-15-10-8-11-16-24/h8-23H,1-7H3/b28-21-. The van der Waals surface area contributed by atoms with E-state index in [0.717, 1.165) is 0 Å². The number of para-hydroxylation sites is 1. The van der Waals surface area contributed by atoms with E-state index in [-0.39, 0.29) is 11.1 Å². The third kappa shape index (κ3) is 6.01. The van der Waals surface area contributed by atoms with Crippen LogP contribution >= 0.6 is 15.8 Å². The maximum absolute atomic E-state index is 4.15. The Labute approximate surface area is 210 Å². The fourth-order valence-electron chi connectivity index (χ4n) is 4.26.